The molecule has 0 unspecified atom stereocenters. The van der Waals surface area contributed by atoms with Gasteiger partial charge in [0.2, 0.25) is 11.4 Å². The summed E-state index contributed by atoms with van der Waals surface area (Å²) in [6.07, 6.45) is 3.58. The van der Waals surface area contributed by atoms with Gasteiger partial charge in [0, 0.05) is 45.8 Å². The Kier molecular flexibility index (Phi) is 6.06. The Balaban J connectivity index is 1.45. The summed E-state index contributed by atoms with van der Waals surface area (Å²) in [5.74, 6) is -1.44. The van der Waals surface area contributed by atoms with Crippen molar-refractivity contribution in [3.8, 4) is 23.0 Å². The summed E-state index contributed by atoms with van der Waals surface area (Å²) < 4.78 is 20.2. The van der Waals surface area contributed by atoms with E-state index >= 15 is 0 Å². The minimum Gasteiger partial charge on any atom is -0.505 e. The highest BCUT2D eigenvalue weighted by molar-refractivity contribution is 5.98. The number of H-pyrrole nitrogens is 2. The average molecular weight is 537 g/mol. The summed E-state index contributed by atoms with van der Waals surface area (Å²) in [5.41, 5.74) is 2.02. The largest absolute Gasteiger partial charge is 0.505 e. The minimum atomic E-state index is -0.710. The lowest BCUT2D eigenvalue weighted by molar-refractivity contribution is -0.362. The van der Waals surface area contributed by atoms with Crippen LogP contribution in [0.4, 0.5) is 20.6 Å². The average Bonchev–Trinajstić information content (AvgIpc) is 3.54. The number of aromatic hydroxyl groups is 2. The molecule has 4 aromatic rings. The lowest BCUT2D eigenvalue weighted by Gasteiger charge is -2.30. The molecule has 0 atom stereocenters. The first-order valence-corrected chi connectivity index (χ1v) is 12.5. The highest BCUT2D eigenvalue weighted by Crippen LogP contribution is 2.32. The number of hydrogen-bond donors (Lipinski definition) is 3. The van der Waals surface area contributed by atoms with Crippen LogP contribution in [0.25, 0.3) is 17.2 Å². The number of anilines is 2. The molecule has 5 heterocycles. The highest BCUT2D eigenvalue weighted by Gasteiger charge is 2.31. The topological polar surface area (TPSA) is 141 Å². The highest BCUT2D eigenvalue weighted by atomic mass is 19.1. The molecule has 3 aromatic heterocycles. The predicted octanol–water partition coefficient (Wildman–Crippen LogP) is 1.35. The standard InChI is InChI=1S/C26H26FN7O5/c1-31-4-5-33(26(31)38)19-12-17(32-6-8-39-9-7-32)14-34-24(19)30-21(22(36)25(34)37)23-28-13-16(29-23)10-15-2-3-18(27)20(35)11-15/h2-3,11-14,35-36H,4-10H2,1H3,(H,28,29)/p+1. The SMILES string of the molecule is CN1CCN(c2cc(N3CCOCC3)cn3c(=O)c(O)c(-c4[nH]c(Cc5ccc(F)c(O)c5)c[nH+]4)nc23)C1=O. The van der Waals surface area contributed by atoms with Crippen molar-refractivity contribution >= 4 is 23.1 Å². The van der Waals surface area contributed by atoms with Crippen LogP contribution in [-0.4, -0.2) is 82.0 Å². The molecule has 4 N–H and O–H groups in total. The van der Waals surface area contributed by atoms with Gasteiger partial charge in [-0.15, -0.1) is 0 Å². The number of imidazole rings is 1. The smallest absolute Gasteiger partial charge is 0.324 e. The number of phenols is 1. The molecule has 2 aliphatic rings. The van der Waals surface area contributed by atoms with Crippen LogP contribution in [0.5, 0.6) is 11.5 Å². The fourth-order valence-corrected chi connectivity index (χ4v) is 4.94. The second-order valence-corrected chi connectivity index (χ2v) is 9.62. The van der Waals surface area contributed by atoms with E-state index < -0.39 is 22.9 Å². The Morgan fingerprint density at radius 1 is 1.13 bits per heavy atom. The van der Waals surface area contributed by atoms with E-state index in [0.29, 0.717) is 62.8 Å². The summed E-state index contributed by atoms with van der Waals surface area (Å²) in [6, 6.07) is 5.69. The van der Waals surface area contributed by atoms with Gasteiger partial charge in [0.15, 0.2) is 17.2 Å². The number of benzene rings is 1. The molecule has 0 saturated carbocycles. The molecule has 13 heteroatoms. The van der Waals surface area contributed by atoms with Crippen LogP contribution in [0, 0.1) is 5.82 Å². The van der Waals surface area contributed by atoms with Crippen LogP contribution >= 0.6 is 0 Å². The summed E-state index contributed by atoms with van der Waals surface area (Å²) in [4.78, 5) is 42.4. The zero-order valence-electron chi connectivity index (χ0n) is 21.1. The predicted molar refractivity (Wildman–Crippen MR) is 139 cm³/mol. The number of rotatable bonds is 5. The zero-order valence-corrected chi connectivity index (χ0v) is 21.1. The van der Waals surface area contributed by atoms with Crippen LogP contribution in [0.1, 0.15) is 11.3 Å². The quantitative estimate of drug-likeness (QED) is 0.350. The van der Waals surface area contributed by atoms with E-state index in [1.807, 2.05) is 6.07 Å². The van der Waals surface area contributed by atoms with Gasteiger partial charge >= 0.3 is 17.4 Å². The fraction of sp³-hybridized carbons (Fsp3) is 0.308. The third kappa shape index (κ3) is 4.40. The van der Waals surface area contributed by atoms with Crippen LogP contribution in [0.2, 0.25) is 0 Å². The first kappa shape index (κ1) is 24.7. The number of halogens is 1. The van der Waals surface area contributed by atoms with Gasteiger partial charge in [0.1, 0.15) is 11.9 Å². The molecule has 0 spiro atoms. The number of fused-ring (bicyclic) bond motifs is 1. The van der Waals surface area contributed by atoms with E-state index in [-0.39, 0.29) is 23.2 Å². The Morgan fingerprint density at radius 3 is 2.64 bits per heavy atom. The lowest BCUT2D eigenvalue weighted by Crippen LogP contribution is -2.37. The number of nitrogens with one attached hydrogen (secondary N) is 2. The van der Waals surface area contributed by atoms with Crippen LogP contribution in [0.3, 0.4) is 0 Å². The number of aromatic amines is 2. The van der Waals surface area contributed by atoms with Crippen molar-refractivity contribution in [2.45, 2.75) is 6.42 Å². The van der Waals surface area contributed by atoms with Gasteiger partial charge in [-0.3, -0.25) is 14.1 Å². The molecule has 202 valence electrons. The summed E-state index contributed by atoms with van der Waals surface area (Å²) in [6.45, 7) is 3.27. The molecule has 1 aromatic carbocycles. The van der Waals surface area contributed by atoms with Gasteiger partial charge in [0.05, 0.1) is 24.6 Å². The number of pyridine rings is 1. The van der Waals surface area contributed by atoms with Crippen molar-refractivity contribution in [1.29, 1.82) is 0 Å². The van der Waals surface area contributed by atoms with Gasteiger partial charge in [-0.1, -0.05) is 6.07 Å². The molecule has 0 aliphatic carbocycles. The summed E-state index contributed by atoms with van der Waals surface area (Å²) in [7, 11) is 1.71. The van der Waals surface area contributed by atoms with Crippen LogP contribution in [-0.2, 0) is 11.2 Å². The number of carbonyl (C=O) groups excluding carboxylic acids is 1. The normalized spacial score (nSPS) is 16.1. The molecule has 12 nitrogen and oxygen atoms in total. The Hall–Kier alpha value is -4.65. The van der Waals surface area contributed by atoms with Gasteiger partial charge in [-0.2, -0.15) is 0 Å². The number of urea groups is 1. The molecule has 0 bridgehead atoms. The number of morpholine rings is 1. The molecule has 2 amide bonds. The molecule has 0 radical (unpaired) electrons. The third-order valence-electron chi connectivity index (χ3n) is 7.07. The van der Waals surface area contributed by atoms with Crippen molar-refractivity contribution < 1.29 is 29.1 Å². The van der Waals surface area contributed by atoms with E-state index in [0.717, 1.165) is 5.69 Å². The Bertz CT molecular complexity index is 1650. The molecule has 2 saturated heterocycles. The number of amides is 2. The Labute approximate surface area is 221 Å². The number of ether oxygens (including phenoxy) is 1. The number of hydrogen-bond acceptors (Lipinski definition) is 7. The van der Waals surface area contributed by atoms with E-state index in [1.165, 1.54) is 16.5 Å². The fourth-order valence-electron chi connectivity index (χ4n) is 4.94. The van der Waals surface area contributed by atoms with E-state index in [2.05, 4.69) is 19.9 Å². The third-order valence-corrected chi connectivity index (χ3v) is 7.07. The first-order valence-electron chi connectivity index (χ1n) is 12.5. The minimum absolute atomic E-state index is 0.00595. The van der Waals surface area contributed by atoms with Gasteiger partial charge < -0.3 is 24.7 Å². The van der Waals surface area contributed by atoms with Crippen LogP contribution < -0.4 is 20.3 Å². The molecular formula is C26H27FN7O5+. The van der Waals surface area contributed by atoms with E-state index in [4.69, 9.17) is 4.74 Å². The van der Waals surface area contributed by atoms with Crippen molar-refractivity contribution in [2.24, 2.45) is 0 Å². The zero-order chi connectivity index (χ0) is 27.3. The van der Waals surface area contributed by atoms with E-state index in [9.17, 15) is 24.2 Å². The monoisotopic (exact) mass is 536 g/mol. The molecular weight excluding hydrogens is 509 g/mol. The van der Waals surface area contributed by atoms with Crippen LogP contribution in [0.15, 0.2) is 41.5 Å². The molecule has 2 fully saturated rings. The number of nitrogens with zero attached hydrogens (tertiary/aromatic N) is 5. The molecule has 6 rings (SSSR count). The van der Waals surface area contributed by atoms with Gasteiger partial charge in [-0.25, -0.2) is 24.1 Å². The summed E-state index contributed by atoms with van der Waals surface area (Å²) in [5, 5.41) is 20.6. The maximum Gasteiger partial charge on any atom is 0.324 e. The van der Waals surface area contributed by atoms with Crippen molar-refractivity contribution in [2.75, 3.05) is 56.2 Å². The molecule has 2 aliphatic heterocycles. The maximum atomic E-state index is 13.5. The second kappa shape index (κ2) is 9.58. The number of carbonyl (C=O) groups is 1. The van der Waals surface area contributed by atoms with Gasteiger partial charge in [0.25, 0.3) is 0 Å². The number of likely N-dealkylation sites (N-methyl/N-ethyl adjacent to an activating group) is 1. The van der Waals surface area contributed by atoms with Crippen molar-refractivity contribution in [3.63, 3.8) is 0 Å². The maximum absolute atomic E-state index is 13.5. The number of aromatic nitrogens is 4. The second-order valence-electron chi connectivity index (χ2n) is 9.62. The lowest BCUT2D eigenvalue weighted by atomic mass is 10.1. The van der Waals surface area contributed by atoms with Crippen molar-refractivity contribution in [1.82, 2.24) is 19.3 Å². The number of phenolic OH excluding ortho intramolecular Hbond substituents is 1. The van der Waals surface area contributed by atoms with Crippen molar-refractivity contribution in [3.05, 3.63) is 64.1 Å². The first-order chi connectivity index (χ1) is 18.8. The summed E-state index contributed by atoms with van der Waals surface area (Å²) >= 11 is 0. The Morgan fingerprint density at radius 2 is 1.92 bits per heavy atom. The van der Waals surface area contributed by atoms with E-state index in [1.54, 1.807) is 35.3 Å². The molecule has 39 heavy (non-hydrogen) atoms. The van der Waals surface area contributed by atoms with Gasteiger partial charge in [-0.05, 0) is 23.8 Å².